The summed E-state index contributed by atoms with van der Waals surface area (Å²) in [4.78, 5) is 24.2. The minimum Gasteiger partial charge on any atom is -0.481 e. The Morgan fingerprint density at radius 2 is 2.00 bits per heavy atom. The van der Waals surface area contributed by atoms with Gasteiger partial charge in [-0.25, -0.2) is 4.39 Å². The van der Waals surface area contributed by atoms with Crippen molar-refractivity contribution in [1.82, 2.24) is 20.4 Å². The van der Waals surface area contributed by atoms with Gasteiger partial charge in [0.25, 0.3) is 11.8 Å². The van der Waals surface area contributed by atoms with Crippen LogP contribution in [0.2, 0.25) is 0 Å². The Hall–Kier alpha value is -2.55. The first kappa shape index (κ1) is 16.8. The van der Waals surface area contributed by atoms with Crippen molar-refractivity contribution in [3.63, 3.8) is 0 Å². The van der Waals surface area contributed by atoms with Crippen molar-refractivity contribution >= 4 is 23.3 Å². The number of hydrogen-bond donors (Lipinski definition) is 2. The molecular weight excluding hydrogens is 323 g/mol. The molecule has 0 aliphatic heterocycles. The molecular formula is C14H15FN4O3S. The Kier molecular flexibility index (Phi) is 5.58. The van der Waals surface area contributed by atoms with E-state index in [2.05, 4.69) is 20.4 Å². The van der Waals surface area contributed by atoms with E-state index in [1.807, 2.05) is 6.92 Å². The number of aromatic nitrogens is 2. The number of aryl methyl sites for hydroxylation is 1. The normalized spacial score (nSPS) is 11.6. The first-order chi connectivity index (χ1) is 11.0. The summed E-state index contributed by atoms with van der Waals surface area (Å²) in [5.41, 5.74) is 5.12. The van der Waals surface area contributed by atoms with Gasteiger partial charge >= 0.3 is 0 Å². The number of rotatable bonds is 5. The van der Waals surface area contributed by atoms with Gasteiger partial charge in [0, 0.05) is 0 Å². The fourth-order valence-electron chi connectivity index (χ4n) is 1.66. The quantitative estimate of drug-likeness (QED) is 0.805. The van der Waals surface area contributed by atoms with E-state index in [0.29, 0.717) is 22.7 Å². The zero-order chi connectivity index (χ0) is 16.8. The van der Waals surface area contributed by atoms with Gasteiger partial charge in [-0.15, -0.1) is 5.10 Å². The topological polar surface area (TPSA) is 93.2 Å². The fraction of sp³-hybridized carbons (Fsp3) is 0.286. The third kappa shape index (κ3) is 4.46. The average Bonchev–Trinajstić information content (AvgIpc) is 3.03. The molecule has 23 heavy (non-hydrogen) atoms. The SMILES string of the molecule is CCc1nnsc1C(=O)NNC(=O)C(C)Oc1ccc(F)cc1. The summed E-state index contributed by atoms with van der Waals surface area (Å²) in [6.07, 6.45) is -0.303. The number of hydrogen-bond acceptors (Lipinski definition) is 6. The monoisotopic (exact) mass is 338 g/mol. The second-order valence-electron chi connectivity index (χ2n) is 4.56. The molecule has 9 heteroatoms. The molecule has 0 radical (unpaired) electrons. The molecule has 1 aromatic heterocycles. The molecule has 0 bridgehead atoms. The minimum atomic E-state index is -0.869. The van der Waals surface area contributed by atoms with Gasteiger partial charge in [0.2, 0.25) is 0 Å². The summed E-state index contributed by atoms with van der Waals surface area (Å²) in [7, 11) is 0. The number of ether oxygens (including phenoxy) is 1. The standard InChI is InChI=1S/C14H15FN4O3S/c1-3-11-12(23-19-16-11)14(21)18-17-13(20)8(2)22-10-6-4-9(15)5-7-10/h4-8H,3H2,1-2H3,(H,17,20)(H,18,21). The van der Waals surface area contributed by atoms with Crippen LogP contribution in [0.25, 0.3) is 0 Å². The van der Waals surface area contributed by atoms with Gasteiger partial charge in [-0.1, -0.05) is 11.4 Å². The lowest BCUT2D eigenvalue weighted by Gasteiger charge is -2.14. The lowest BCUT2D eigenvalue weighted by molar-refractivity contribution is -0.128. The Morgan fingerprint density at radius 3 is 2.65 bits per heavy atom. The van der Waals surface area contributed by atoms with Gasteiger partial charge in [-0.3, -0.25) is 20.4 Å². The molecule has 0 saturated carbocycles. The maximum absolute atomic E-state index is 12.8. The van der Waals surface area contributed by atoms with Gasteiger partial charge in [0.1, 0.15) is 16.4 Å². The Bertz CT molecular complexity index is 690. The van der Waals surface area contributed by atoms with Gasteiger partial charge in [-0.2, -0.15) is 0 Å². The summed E-state index contributed by atoms with van der Waals surface area (Å²) in [5, 5.41) is 3.82. The zero-order valence-corrected chi connectivity index (χ0v) is 13.3. The molecule has 0 fully saturated rings. The Morgan fingerprint density at radius 1 is 1.30 bits per heavy atom. The molecule has 7 nitrogen and oxygen atoms in total. The molecule has 1 unspecified atom stereocenters. The molecule has 0 spiro atoms. The molecule has 2 aromatic rings. The molecule has 2 rings (SSSR count). The second-order valence-corrected chi connectivity index (χ2v) is 5.31. The van der Waals surface area contributed by atoms with Crippen LogP contribution in [0.5, 0.6) is 5.75 Å². The number of amides is 2. The van der Waals surface area contributed by atoms with Gasteiger partial charge in [0.05, 0.1) is 5.69 Å². The van der Waals surface area contributed by atoms with E-state index in [0.717, 1.165) is 11.5 Å². The van der Waals surface area contributed by atoms with E-state index >= 15 is 0 Å². The highest BCUT2D eigenvalue weighted by Gasteiger charge is 2.18. The van der Waals surface area contributed by atoms with Crippen LogP contribution in [-0.2, 0) is 11.2 Å². The van der Waals surface area contributed by atoms with Crippen molar-refractivity contribution in [1.29, 1.82) is 0 Å². The summed E-state index contributed by atoms with van der Waals surface area (Å²) < 4.78 is 21.8. The number of benzene rings is 1. The molecule has 0 aliphatic carbocycles. The molecule has 0 aliphatic rings. The number of nitrogens with zero attached hydrogens (tertiary/aromatic N) is 2. The number of carbonyl (C=O) groups is 2. The summed E-state index contributed by atoms with van der Waals surface area (Å²) in [6, 6.07) is 5.28. The van der Waals surface area contributed by atoms with Crippen molar-refractivity contribution in [2.24, 2.45) is 0 Å². The fourth-order valence-corrected chi connectivity index (χ4v) is 2.31. The van der Waals surface area contributed by atoms with E-state index < -0.39 is 23.7 Å². The third-order valence-corrected chi connectivity index (χ3v) is 3.66. The number of carbonyl (C=O) groups excluding carboxylic acids is 2. The molecule has 2 amide bonds. The second kappa shape index (κ2) is 7.63. The van der Waals surface area contributed by atoms with E-state index in [4.69, 9.17) is 4.74 Å². The van der Waals surface area contributed by atoms with Gasteiger partial charge in [-0.05, 0) is 49.1 Å². The average molecular weight is 338 g/mol. The largest absolute Gasteiger partial charge is 0.481 e. The van der Waals surface area contributed by atoms with Crippen LogP contribution in [0.4, 0.5) is 4.39 Å². The van der Waals surface area contributed by atoms with Crippen molar-refractivity contribution in [3.05, 3.63) is 40.7 Å². The van der Waals surface area contributed by atoms with Gasteiger partial charge < -0.3 is 4.74 Å². The van der Waals surface area contributed by atoms with Crippen molar-refractivity contribution in [3.8, 4) is 5.75 Å². The first-order valence-electron chi connectivity index (χ1n) is 6.85. The van der Waals surface area contributed by atoms with Crippen LogP contribution in [-0.4, -0.2) is 27.5 Å². The highest BCUT2D eigenvalue weighted by atomic mass is 32.1. The van der Waals surface area contributed by atoms with Crippen molar-refractivity contribution in [2.75, 3.05) is 0 Å². The maximum atomic E-state index is 12.8. The van der Waals surface area contributed by atoms with Crippen LogP contribution < -0.4 is 15.6 Å². The number of nitrogens with one attached hydrogen (secondary N) is 2. The number of hydrazine groups is 1. The van der Waals surface area contributed by atoms with Crippen molar-refractivity contribution in [2.45, 2.75) is 26.4 Å². The van der Waals surface area contributed by atoms with Crippen LogP contribution in [0.3, 0.4) is 0 Å². The lowest BCUT2D eigenvalue weighted by atomic mass is 10.3. The van der Waals surface area contributed by atoms with Crippen molar-refractivity contribution < 1.29 is 18.7 Å². The molecule has 122 valence electrons. The Balaban J connectivity index is 1.86. The maximum Gasteiger partial charge on any atom is 0.283 e. The predicted octanol–water partition coefficient (Wildman–Crippen LogP) is 1.47. The summed E-state index contributed by atoms with van der Waals surface area (Å²) in [5.74, 6) is -1.08. The van der Waals surface area contributed by atoms with E-state index in [1.54, 1.807) is 0 Å². The molecule has 0 saturated heterocycles. The molecule has 1 atom stereocenters. The third-order valence-electron chi connectivity index (χ3n) is 2.89. The zero-order valence-electron chi connectivity index (χ0n) is 12.5. The van der Waals surface area contributed by atoms with Crippen LogP contribution in [0, 0.1) is 5.82 Å². The van der Waals surface area contributed by atoms with Crippen LogP contribution in [0.15, 0.2) is 24.3 Å². The molecule has 1 heterocycles. The summed E-state index contributed by atoms with van der Waals surface area (Å²) >= 11 is 0.955. The van der Waals surface area contributed by atoms with E-state index in [9.17, 15) is 14.0 Å². The molecule has 1 aromatic carbocycles. The highest BCUT2D eigenvalue weighted by molar-refractivity contribution is 7.08. The Labute approximate surface area is 136 Å². The smallest absolute Gasteiger partial charge is 0.283 e. The minimum absolute atomic E-state index is 0.347. The highest BCUT2D eigenvalue weighted by Crippen LogP contribution is 2.13. The van der Waals surface area contributed by atoms with E-state index in [-0.39, 0.29) is 0 Å². The van der Waals surface area contributed by atoms with Crippen LogP contribution in [0.1, 0.15) is 29.2 Å². The predicted molar refractivity (Wildman–Crippen MR) is 81.4 cm³/mol. The summed E-state index contributed by atoms with van der Waals surface area (Å²) in [6.45, 7) is 3.36. The lowest BCUT2D eigenvalue weighted by Crippen LogP contribution is -2.47. The molecule has 2 N–H and O–H groups in total. The van der Waals surface area contributed by atoms with Gasteiger partial charge in [0.15, 0.2) is 6.10 Å². The first-order valence-corrected chi connectivity index (χ1v) is 7.62. The van der Waals surface area contributed by atoms with Crippen LogP contribution >= 0.6 is 11.5 Å². The van der Waals surface area contributed by atoms with E-state index in [1.165, 1.54) is 31.2 Å². The number of halogens is 1.